The Morgan fingerprint density at radius 3 is 2.59 bits per heavy atom. The monoisotopic (exact) mass is 297 g/mol. The van der Waals surface area contributed by atoms with Crippen molar-refractivity contribution in [1.82, 2.24) is 5.32 Å². The van der Waals surface area contributed by atoms with Gasteiger partial charge in [0.25, 0.3) is 0 Å². The molecule has 0 saturated heterocycles. The summed E-state index contributed by atoms with van der Waals surface area (Å²) in [7, 11) is 0. The molecule has 0 fully saturated rings. The number of hydrogen-bond donors (Lipinski definition) is 1. The number of benzene rings is 2. The van der Waals surface area contributed by atoms with E-state index < -0.39 is 0 Å². The Hall–Kier alpha value is -2.29. The van der Waals surface area contributed by atoms with Gasteiger partial charge in [-0.25, -0.2) is 0 Å². The van der Waals surface area contributed by atoms with Crippen molar-refractivity contribution in [1.29, 1.82) is 0 Å². The van der Waals surface area contributed by atoms with E-state index in [0.29, 0.717) is 19.6 Å². The van der Waals surface area contributed by atoms with Crippen LogP contribution in [0.4, 0.5) is 0 Å². The largest absolute Gasteiger partial charge is 0.492 e. The van der Waals surface area contributed by atoms with Crippen LogP contribution in [0.3, 0.4) is 0 Å². The van der Waals surface area contributed by atoms with Crippen LogP contribution in [0.15, 0.2) is 42.5 Å². The number of nitrogens with one attached hydrogen (secondary N) is 1. The Labute approximate surface area is 132 Å². The minimum Gasteiger partial charge on any atom is -0.492 e. The highest BCUT2D eigenvalue weighted by molar-refractivity contribution is 5.78. The molecule has 1 amide bonds. The van der Waals surface area contributed by atoms with Crippen molar-refractivity contribution in [3.05, 3.63) is 64.7 Å². The predicted octanol–water partition coefficient (Wildman–Crippen LogP) is 3.35. The van der Waals surface area contributed by atoms with E-state index >= 15 is 0 Å². The summed E-state index contributed by atoms with van der Waals surface area (Å²) in [6, 6.07) is 14.0. The van der Waals surface area contributed by atoms with Crippen molar-refractivity contribution in [2.45, 2.75) is 27.2 Å². The SMILES string of the molecule is Cc1cccc(CC(=O)NCCOc2ccc(C)c(C)c2)c1. The molecule has 0 saturated carbocycles. The molecule has 1 N–H and O–H groups in total. The maximum atomic E-state index is 11.9. The van der Waals surface area contributed by atoms with Crippen LogP contribution in [0.5, 0.6) is 5.75 Å². The lowest BCUT2D eigenvalue weighted by atomic mass is 10.1. The lowest BCUT2D eigenvalue weighted by Crippen LogP contribution is -2.29. The second kappa shape index (κ2) is 7.64. The maximum Gasteiger partial charge on any atom is 0.224 e. The fourth-order valence-corrected chi connectivity index (χ4v) is 2.23. The maximum absolute atomic E-state index is 11.9. The summed E-state index contributed by atoms with van der Waals surface area (Å²) in [5, 5.41) is 2.88. The van der Waals surface area contributed by atoms with E-state index in [1.165, 1.54) is 16.7 Å². The highest BCUT2D eigenvalue weighted by atomic mass is 16.5. The van der Waals surface area contributed by atoms with Crippen molar-refractivity contribution in [2.75, 3.05) is 13.2 Å². The zero-order chi connectivity index (χ0) is 15.9. The van der Waals surface area contributed by atoms with Crippen molar-refractivity contribution in [2.24, 2.45) is 0 Å². The van der Waals surface area contributed by atoms with Gasteiger partial charge in [0, 0.05) is 0 Å². The zero-order valence-corrected chi connectivity index (χ0v) is 13.5. The van der Waals surface area contributed by atoms with Crippen LogP contribution in [0.1, 0.15) is 22.3 Å². The molecule has 0 spiro atoms. The smallest absolute Gasteiger partial charge is 0.224 e. The first-order chi connectivity index (χ1) is 10.5. The van der Waals surface area contributed by atoms with Gasteiger partial charge in [-0.05, 0) is 49.6 Å². The highest BCUT2D eigenvalue weighted by Gasteiger charge is 2.03. The summed E-state index contributed by atoms with van der Waals surface area (Å²) in [4.78, 5) is 11.9. The van der Waals surface area contributed by atoms with E-state index in [1.807, 2.05) is 49.4 Å². The van der Waals surface area contributed by atoms with E-state index in [9.17, 15) is 4.79 Å². The summed E-state index contributed by atoms with van der Waals surface area (Å²) in [6.07, 6.45) is 0.408. The third-order valence-corrected chi connectivity index (χ3v) is 3.62. The van der Waals surface area contributed by atoms with Crippen molar-refractivity contribution >= 4 is 5.91 Å². The molecule has 3 nitrogen and oxygen atoms in total. The Bertz CT molecular complexity index is 650. The average Bonchev–Trinajstić information content (AvgIpc) is 2.47. The molecule has 0 unspecified atom stereocenters. The van der Waals surface area contributed by atoms with E-state index in [2.05, 4.69) is 19.2 Å². The molecular formula is C19H23NO2. The summed E-state index contributed by atoms with van der Waals surface area (Å²) in [6.45, 7) is 7.15. The van der Waals surface area contributed by atoms with Gasteiger partial charge in [0.2, 0.25) is 5.91 Å². The highest BCUT2D eigenvalue weighted by Crippen LogP contribution is 2.16. The molecule has 3 heteroatoms. The number of rotatable bonds is 6. The molecule has 0 radical (unpaired) electrons. The first-order valence-corrected chi connectivity index (χ1v) is 7.57. The lowest BCUT2D eigenvalue weighted by Gasteiger charge is -2.09. The van der Waals surface area contributed by atoms with Gasteiger partial charge in [0.1, 0.15) is 12.4 Å². The van der Waals surface area contributed by atoms with Gasteiger partial charge >= 0.3 is 0 Å². The van der Waals surface area contributed by atoms with Gasteiger partial charge in [-0.3, -0.25) is 4.79 Å². The van der Waals surface area contributed by atoms with Crippen LogP contribution in [-0.4, -0.2) is 19.1 Å². The van der Waals surface area contributed by atoms with E-state index in [0.717, 1.165) is 11.3 Å². The third kappa shape index (κ3) is 4.92. The minimum atomic E-state index is 0.0225. The fraction of sp³-hybridized carbons (Fsp3) is 0.316. The second-order valence-corrected chi connectivity index (χ2v) is 5.61. The second-order valence-electron chi connectivity index (χ2n) is 5.61. The van der Waals surface area contributed by atoms with Gasteiger partial charge in [-0.1, -0.05) is 35.9 Å². The summed E-state index contributed by atoms with van der Waals surface area (Å²) >= 11 is 0. The number of hydrogen-bond acceptors (Lipinski definition) is 2. The average molecular weight is 297 g/mol. The number of ether oxygens (including phenoxy) is 1. The summed E-state index contributed by atoms with van der Waals surface area (Å²) in [5.41, 5.74) is 4.66. The number of amides is 1. The standard InChI is InChI=1S/C19H23NO2/c1-14-5-4-6-17(11-14)13-19(21)20-9-10-22-18-8-7-15(2)16(3)12-18/h4-8,11-12H,9-10,13H2,1-3H3,(H,20,21). The molecule has 2 rings (SSSR count). The molecule has 2 aromatic rings. The quantitative estimate of drug-likeness (QED) is 0.830. The Balaban J connectivity index is 1.72. The van der Waals surface area contributed by atoms with Gasteiger partial charge < -0.3 is 10.1 Å². The number of aryl methyl sites for hydroxylation is 3. The molecule has 0 atom stereocenters. The number of carbonyl (C=O) groups is 1. The molecule has 116 valence electrons. The third-order valence-electron chi connectivity index (χ3n) is 3.62. The minimum absolute atomic E-state index is 0.0225. The zero-order valence-electron chi connectivity index (χ0n) is 13.5. The Morgan fingerprint density at radius 1 is 1.05 bits per heavy atom. The fourth-order valence-electron chi connectivity index (χ4n) is 2.23. The molecule has 0 aliphatic rings. The molecule has 22 heavy (non-hydrogen) atoms. The molecule has 0 aromatic heterocycles. The molecule has 0 aliphatic heterocycles. The predicted molar refractivity (Wildman–Crippen MR) is 89.3 cm³/mol. The molecule has 0 bridgehead atoms. The van der Waals surface area contributed by atoms with Crippen molar-refractivity contribution in [3.63, 3.8) is 0 Å². The topological polar surface area (TPSA) is 38.3 Å². The molecule has 0 aliphatic carbocycles. The van der Waals surface area contributed by atoms with Gasteiger partial charge in [-0.15, -0.1) is 0 Å². The van der Waals surface area contributed by atoms with Crippen LogP contribution < -0.4 is 10.1 Å². The Morgan fingerprint density at radius 2 is 1.86 bits per heavy atom. The molecule has 0 heterocycles. The van der Waals surface area contributed by atoms with Crippen LogP contribution in [0.25, 0.3) is 0 Å². The number of carbonyl (C=O) groups excluding carboxylic acids is 1. The first-order valence-electron chi connectivity index (χ1n) is 7.57. The normalized spacial score (nSPS) is 10.3. The molecular weight excluding hydrogens is 274 g/mol. The van der Waals surface area contributed by atoms with Crippen molar-refractivity contribution in [3.8, 4) is 5.75 Å². The van der Waals surface area contributed by atoms with Gasteiger partial charge in [-0.2, -0.15) is 0 Å². The lowest BCUT2D eigenvalue weighted by molar-refractivity contribution is -0.120. The van der Waals surface area contributed by atoms with Crippen LogP contribution in [0, 0.1) is 20.8 Å². The van der Waals surface area contributed by atoms with Crippen LogP contribution >= 0.6 is 0 Å². The van der Waals surface area contributed by atoms with Gasteiger partial charge in [0.15, 0.2) is 0 Å². The first kappa shape index (κ1) is 16.1. The van der Waals surface area contributed by atoms with Crippen LogP contribution in [-0.2, 0) is 11.2 Å². The Kier molecular flexibility index (Phi) is 5.59. The summed E-state index contributed by atoms with van der Waals surface area (Å²) in [5.74, 6) is 0.866. The van der Waals surface area contributed by atoms with E-state index in [-0.39, 0.29) is 5.91 Å². The van der Waals surface area contributed by atoms with E-state index in [1.54, 1.807) is 0 Å². The molecule has 2 aromatic carbocycles. The van der Waals surface area contributed by atoms with Gasteiger partial charge in [0.05, 0.1) is 13.0 Å². The van der Waals surface area contributed by atoms with Crippen molar-refractivity contribution < 1.29 is 9.53 Å². The van der Waals surface area contributed by atoms with Crippen LogP contribution in [0.2, 0.25) is 0 Å². The van der Waals surface area contributed by atoms with E-state index in [4.69, 9.17) is 4.74 Å². The summed E-state index contributed by atoms with van der Waals surface area (Å²) < 4.78 is 5.65.